The van der Waals surface area contributed by atoms with Crippen molar-refractivity contribution in [3.63, 3.8) is 0 Å². The maximum atomic E-state index is 13.4. The topological polar surface area (TPSA) is 66.7 Å². The number of thiocarbonyl (C=S) groups is 1. The number of hydrogen-bond donors (Lipinski definition) is 1. The summed E-state index contributed by atoms with van der Waals surface area (Å²) < 4.78 is 2.13. The molecule has 2 aromatic rings. The van der Waals surface area contributed by atoms with Crippen LogP contribution in [0.3, 0.4) is 0 Å². The molecule has 1 aliphatic heterocycles. The van der Waals surface area contributed by atoms with E-state index >= 15 is 0 Å². The molecule has 31 heavy (non-hydrogen) atoms. The monoisotopic (exact) mass is 456 g/mol. The Kier molecular flexibility index (Phi) is 6.48. The molecule has 1 N–H and O–H groups in total. The predicted octanol–water partition coefficient (Wildman–Crippen LogP) is 4.60. The van der Waals surface area contributed by atoms with Gasteiger partial charge in [0.15, 0.2) is 0 Å². The predicted molar refractivity (Wildman–Crippen MR) is 131 cm³/mol. The van der Waals surface area contributed by atoms with E-state index in [9.17, 15) is 9.59 Å². The van der Waals surface area contributed by atoms with Crippen LogP contribution in [0.25, 0.3) is 11.7 Å². The number of pyridine rings is 1. The maximum absolute atomic E-state index is 13.4. The number of rotatable bonds is 5. The molecule has 0 bridgehead atoms. The summed E-state index contributed by atoms with van der Waals surface area (Å²) in [5.74, 6) is 0.802. The summed E-state index contributed by atoms with van der Waals surface area (Å²) in [6.07, 6.45) is 8.83. The number of anilines is 1. The van der Waals surface area contributed by atoms with Gasteiger partial charge in [0.2, 0.25) is 0 Å². The van der Waals surface area contributed by atoms with E-state index in [0.717, 1.165) is 31.2 Å². The third kappa shape index (κ3) is 4.41. The van der Waals surface area contributed by atoms with Crippen LogP contribution < -0.4 is 10.9 Å². The average molecular weight is 457 g/mol. The Morgan fingerprint density at radius 3 is 2.74 bits per heavy atom. The lowest BCUT2D eigenvalue weighted by Gasteiger charge is -2.29. The molecule has 0 unspecified atom stereocenters. The van der Waals surface area contributed by atoms with Gasteiger partial charge in [-0.1, -0.05) is 63.2 Å². The summed E-state index contributed by atoms with van der Waals surface area (Å²) >= 11 is 6.84. The van der Waals surface area contributed by atoms with Crippen LogP contribution in [0.2, 0.25) is 0 Å². The van der Waals surface area contributed by atoms with Crippen LogP contribution in [0.15, 0.2) is 28.0 Å². The summed E-state index contributed by atoms with van der Waals surface area (Å²) in [5.41, 5.74) is 1.74. The molecule has 1 amide bonds. The third-order valence-corrected chi connectivity index (χ3v) is 7.13. The second-order valence-corrected chi connectivity index (χ2v) is 10.4. The standard InChI is InChI=1S/C23H28N4O2S2/c1-14(2)13-24-19-17(21(28)26-11-7-8-15(3)20(26)25-19)12-18-22(29)27(23(30)31-18)16-9-5-4-6-10-16/h7-8,11-12,14,16,24H,4-6,9-10,13H2,1-3H3/b18-12+. The van der Waals surface area contributed by atoms with Gasteiger partial charge in [-0.15, -0.1) is 0 Å². The van der Waals surface area contributed by atoms with Gasteiger partial charge in [-0.25, -0.2) is 4.98 Å². The SMILES string of the molecule is Cc1cccn2c(=O)c(/C=C3/SC(=S)N(C4CCCCC4)C3=O)c(NCC(C)C)nc12. The lowest BCUT2D eigenvalue weighted by atomic mass is 9.94. The second kappa shape index (κ2) is 9.12. The number of nitrogens with zero attached hydrogens (tertiary/aromatic N) is 3. The largest absolute Gasteiger partial charge is 0.369 e. The van der Waals surface area contributed by atoms with E-state index in [1.54, 1.807) is 21.6 Å². The summed E-state index contributed by atoms with van der Waals surface area (Å²) in [7, 11) is 0. The van der Waals surface area contributed by atoms with Crippen molar-refractivity contribution in [1.29, 1.82) is 0 Å². The van der Waals surface area contributed by atoms with Crippen LogP contribution >= 0.6 is 24.0 Å². The molecule has 1 saturated carbocycles. The van der Waals surface area contributed by atoms with Gasteiger partial charge in [0.1, 0.15) is 15.8 Å². The molecular formula is C23H28N4O2S2. The van der Waals surface area contributed by atoms with Crippen molar-refractivity contribution in [3.05, 3.63) is 44.7 Å². The van der Waals surface area contributed by atoms with Gasteiger partial charge in [0, 0.05) is 18.8 Å². The number of nitrogens with one attached hydrogen (secondary N) is 1. The summed E-state index contributed by atoms with van der Waals surface area (Å²) in [4.78, 5) is 33.6. The molecule has 4 rings (SSSR count). The van der Waals surface area contributed by atoms with Crippen LogP contribution in [-0.4, -0.2) is 37.1 Å². The first-order chi connectivity index (χ1) is 14.9. The van der Waals surface area contributed by atoms with E-state index in [-0.39, 0.29) is 17.5 Å². The Balaban J connectivity index is 1.77. The molecule has 0 radical (unpaired) electrons. The minimum absolute atomic E-state index is 0.0922. The van der Waals surface area contributed by atoms with Gasteiger partial charge in [-0.2, -0.15) is 0 Å². The molecule has 1 aliphatic carbocycles. The van der Waals surface area contributed by atoms with Gasteiger partial charge in [0.25, 0.3) is 11.5 Å². The molecule has 2 fully saturated rings. The number of hydrogen-bond acceptors (Lipinski definition) is 6. The number of fused-ring (bicyclic) bond motifs is 1. The van der Waals surface area contributed by atoms with Crippen molar-refractivity contribution in [2.75, 3.05) is 11.9 Å². The van der Waals surface area contributed by atoms with E-state index in [1.165, 1.54) is 18.2 Å². The lowest BCUT2D eigenvalue weighted by Crippen LogP contribution is -2.39. The van der Waals surface area contributed by atoms with E-state index < -0.39 is 0 Å². The molecule has 2 aromatic heterocycles. The summed E-state index contributed by atoms with van der Waals surface area (Å²) in [5, 5.41) is 3.31. The van der Waals surface area contributed by atoms with Gasteiger partial charge >= 0.3 is 0 Å². The number of aromatic nitrogens is 2. The first kappa shape index (κ1) is 22.0. The molecule has 0 aromatic carbocycles. The molecule has 3 heterocycles. The quantitative estimate of drug-likeness (QED) is 0.524. The summed E-state index contributed by atoms with van der Waals surface area (Å²) in [6.45, 7) is 6.81. The van der Waals surface area contributed by atoms with Crippen LogP contribution in [0.1, 0.15) is 57.1 Å². The smallest absolute Gasteiger partial charge is 0.267 e. The number of aryl methyl sites for hydroxylation is 1. The first-order valence-corrected chi connectivity index (χ1v) is 12.1. The molecule has 0 atom stereocenters. The Morgan fingerprint density at radius 2 is 2.03 bits per heavy atom. The van der Waals surface area contributed by atoms with Gasteiger partial charge in [-0.05, 0) is 43.4 Å². The fraction of sp³-hybridized carbons (Fsp3) is 0.478. The van der Waals surface area contributed by atoms with Crippen molar-refractivity contribution in [2.24, 2.45) is 5.92 Å². The average Bonchev–Trinajstić information content (AvgIpc) is 3.03. The second-order valence-electron chi connectivity index (χ2n) is 8.68. The van der Waals surface area contributed by atoms with Gasteiger partial charge in [0.05, 0.1) is 10.5 Å². The molecular weight excluding hydrogens is 428 g/mol. The van der Waals surface area contributed by atoms with Gasteiger partial charge in [-0.3, -0.25) is 18.9 Å². The minimum atomic E-state index is -0.192. The Morgan fingerprint density at radius 1 is 1.29 bits per heavy atom. The third-order valence-electron chi connectivity index (χ3n) is 5.80. The molecule has 8 heteroatoms. The molecule has 0 spiro atoms. The van der Waals surface area contributed by atoms with Crippen LogP contribution in [0.4, 0.5) is 5.82 Å². The van der Waals surface area contributed by atoms with Crippen molar-refractivity contribution < 1.29 is 4.79 Å². The number of thioether (sulfide) groups is 1. The fourth-order valence-corrected chi connectivity index (χ4v) is 5.52. The van der Waals surface area contributed by atoms with Crippen molar-refractivity contribution in [2.45, 2.75) is 58.9 Å². The number of amides is 1. The van der Waals surface area contributed by atoms with Crippen molar-refractivity contribution in [1.82, 2.24) is 14.3 Å². The van der Waals surface area contributed by atoms with E-state index in [1.807, 2.05) is 19.1 Å². The van der Waals surface area contributed by atoms with Crippen LogP contribution in [-0.2, 0) is 4.79 Å². The lowest BCUT2D eigenvalue weighted by molar-refractivity contribution is -0.124. The zero-order valence-corrected chi connectivity index (χ0v) is 19.8. The number of carbonyl (C=O) groups is 1. The highest BCUT2D eigenvalue weighted by Crippen LogP contribution is 2.37. The highest BCUT2D eigenvalue weighted by Gasteiger charge is 2.37. The summed E-state index contributed by atoms with van der Waals surface area (Å²) in [6, 6.07) is 3.94. The van der Waals surface area contributed by atoms with E-state index in [2.05, 4.69) is 19.2 Å². The Labute approximate surface area is 192 Å². The molecule has 2 aliphatic rings. The van der Waals surface area contributed by atoms with Crippen molar-refractivity contribution >= 4 is 51.7 Å². The van der Waals surface area contributed by atoms with E-state index in [4.69, 9.17) is 17.2 Å². The van der Waals surface area contributed by atoms with Crippen LogP contribution in [0.5, 0.6) is 0 Å². The zero-order valence-electron chi connectivity index (χ0n) is 18.2. The highest BCUT2D eigenvalue weighted by atomic mass is 32.2. The van der Waals surface area contributed by atoms with Crippen molar-refractivity contribution in [3.8, 4) is 0 Å². The molecule has 6 nitrogen and oxygen atoms in total. The van der Waals surface area contributed by atoms with E-state index in [0.29, 0.717) is 38.7 Å². The maximum Gasteiger partial charge on any atom is 0.267 e. The highest BCUT2D eigenvalue weighted by molar-refractivity contribution is 8.26. The minimum Gasteiger partial charge on any atom is -0.369 e. The normalized spacial score (nSPS) is 19.2. The first-order valence-electron chi connectivity index (χ1n) is 10.9. The zero-order chi connectivity index (χ0) is 22.1. The Bertz CT molecular complexity index is 1120. The molecule has 164 valence electrons. The molecule has 1 saturated heterocycles. The Hall–Kier alpha value is -2.19. The van der Waals surface area contributed by atoms with Crippen LogP contribution in [0, 0.1) is 12.8 Å². The fourth-order valence-electron chi connectivity index (χ4n) is 4.14. The number of carbonyl (C=O) groups excluding carboxylic acids is 1. The van der Waals surface area contributed by atoms with Gasteiger partial charge < -0.3 is 5.32 Å².